The summed E-state index contributed by atoms with van der Waals surface area (Å²) in [4.78, 5) is 9.00. The van der Waals surface area contributed by atoms with Gasteiger partial charge in [-0.15, -0.1) is 0 Å². The van der Waals surface area contributed by atoms with E-state index in [0.29, 0.717) is 0 Å². The molecule has 0 aliphatic rings. The normalized spacial score (nSPS) is 8.12. The van der Waals surface area contributed by atoms with Crippen molar-refractivity contribution in [2.24, 2.45) is 0 Å². The molecule has 0 saturated carbocycles. The van der Waals surface area contributed by atoms with Crippen LogP contribution in [0.1, 0.15) is 34.7 Å². The second-order valence-corrected chi connectivity index (χ2v) is 3.64. The molecule has 16 heavy (non-hydrogen) atoms. The molecule has 0 spiro atoms. The third-order valence-electron chi connectivity index (χ3n) is 2.81. The van der Waals surface area contributed by atoms with Crippen molar-refractivity contribution in [1.29, 1.82) is 0 Å². The first kappa shape index (κ1) is 20.8. The summed E-state index contributed by atoms with van der Waals surface area (Å²) in [6.45, 7) is 12.1. The summed E-state index contributed by atoms with van der Waals surface area (Å²) in [6.07, 6.45) is 0. The maximum Gasteiger partial charge on any atom is 0.300 e. The molecule has 0 heterocycles. The number of carboxylic acid groups (broad SMARTS) is 1. The van der Waals surface area contributed by atoms with Gasteiger partial charge in [0.05, 0.1) is 0 Å². The van der Waals surface area contributed by atoms with Crippen LogP contribution in [-0.2, 0) is 24.9 Å². The first-order valence-corrected chi connectivity index (χ1v) is 4.68. The van der Waals surface area contributed by atoms with Gasteiger partial charge in [-0.05, 0) is 0 Å². The van der Waals surface area contributed by atoms with Gasteiger partial charge in [-0.3, -0.25) is 4.79 Å². The standard InChI is InChI=1S/C10H15.C2H4O2.Ir.H2O/c1-6-7(2)9(4)10(5)8(6)3;1-2(3)4;;/h1-5H3;1H3,(H,3,4);;1H2/q-1;;;. The minimum Gasteiger partial charge on any atom is -0.481 e. The molecule has 1 rings (SSSR count). The zero-order valence-corrected chi connectivity index (χ0v) is 13.1. The van der Waals surface area contributed by atoms with E-state index >= 15 is 0 Å². The van der Waals surface area contributed by atoms with E-state index in [1.807, 2.05) is 0 Å². The van der Waals surface area contributed by atoms with E-state index in [1.54, 1.807) is 0 Å². The predicted octanol–water partition coefficient (Wildman–Crippen LogP) is 2.21. The van der Waals surface area contributed by atoms with E-state index in [0.717, 1.165) is 6.92 Å². The quantitative estimate of drug-likeness (QED) is 0.673. The summed E-state index contributed by atoms with van der Waals surface area (Å²) in [5.41, 5.74) is 7.34. The molecule has 0 aliphatic carbocycles. The van der Waals surface area contributed by atoms with Crippen molar-refractivity contribution in [2.45, 2.75) is 41.5 Å². The minimum absolute atomic E-state index is 0. The van der Waals surface area contributed by atoms with E-state index < -0.39 is 5.97 Å². The predicted molar refractivity (Wildman–Crippen MR) is 62.6 cm³/mol. The SMILES string of the molecule is CC(=O)O.Cc1c(C)c(C)[c-](C)c1C.O.[Ir]. The van der Waals surface area contributed by atoms with E-state index in [4.69, 9.17) is 9.90 Å². The molecule has 3 N–H and O–H groups in total. The summed E-state index contributed by atoms with van der Waals surface area (Å²) in [5.74, 6) is -0.833. The third-order valence-corrected chi connectivity index (χ3v) is 2.81. The van der Waals surface area contributed by atoms with Crippen LogP contribution >= 0.6 is 0 Å². The Balaban J connectivity index is -0.000000249. The maximum absolute atomic E-state index is 9.00. The topological polar surface area (TPSA) is 68.8 Å². The van der Waals surface area contributed by atoms with Crippen LogP contribution in [-0.4, -0.2) is 16.6 Å². The Morgan fingerprint density at radius 3 is 1.31 bits per heavy atom. The van der Waals surface area contributed by atoms with Crippen LogP contribution in [0.5, 0.6) is 0 Å². The number of carbonyl (C=O) groups is 1. The summed E-state index contributed by atoms with van der Waals surface area (Å²) < 4.78 is 0. The van der Waals surface area contributed by atoms with Crippen LogP contribution in [0.4, 0.5) is 0 Å². The molecule has 0 unspecified atom stereocenters. The third kappa shape index (κ3) is 5.50. The van der Waals surface area contributed by atoms with Gasteiger partial charge in [0, 0.05) is 27.0 Å². The van der Waals surface area contributed by atoms with Gasteiger partial charge in [0.25, 0.3) is 5.97 Å². The van der Waals surface area contributed by atoms with E-state index in [1.165, 1.54) is 27.8 Å². The Kier molecular flexibility index (Phi) is 11.1. The molecule has 0 fully saturated rings. The van der Waals surface area contributed by atoms with Crippen LogP contribution in [0.15, 0.2) is 0 Å². The number of hydrogen-bond donors (Lipinski definition) is 1. The number of carboxylic acids is 1. The fraction of sp³-hybridized carbons (Fsp3) is 0.500. The molecule has 0 amide bonds. The molecular weight excluding hydrogens is 384 g/mol. The Labute approximate surface area is 111 Å². The van der Waals surface area contributed by atoms with E-state index in [9.17, 15) is 0 Å². The Morgan fingerprint density at radius 1 is 1.06 bits per heavy atom. The molecule has 0 atom stereocenters. The summed E-state index contributed by atoms with van der Waals surface area (Å²) >= 11 is 0. The van der Waals surface area contributed by atoms with Crippen molar-refractivity contribution in [3.8, 4) is 0 Å². The van der Waals surface area contributed by atoms with E-state index in [-0.39, 0.29) is 25.6 Å². The molecular formula is C12H21IrO3-. The van der Waals surface area contributed by atoms with Gasteiger partial charge < -0.3 is 10.6 Å². The average molecular weight is 406 g/mol. The first-order valence-electron chi connectivity index (χ1n) is 4.68. The number of rotatable bonds is 0. The van der Waals surface area contributed by atoms with Crippen molar-refractivity contribution < 1.29 is 35.5 Å². The molecule has 3 nitrogen and oxygen atoms in total. The smallest absolute Gasteiger partial charge is 0.300 e. The Hall–Kier alpha value is -0.571. The second kappa shape index (κ2) is 8.57. The van der Waals surface area contributed by atoms with Crippen molar-refractivity contribution in [3.05, 3.63) is 27.8 Å². The molecule has 1 radical (unpaired) electrons. The Bertz CT molecular complexity index is 256. The minimum atomic E-state index is -0.833. The van der Waals surface area contributed by atoms with Crippen LogP contribution in [0.25, 0.3) is 0 Å². The molecule has 0 saturated heterocycles. The number of aliphatic carboxylic acids is 1. The molecule has 1 aromatic carbocycles. The zero-order chi connectivity index (χ0) is 11.5. The van der Waals surface area contributed by atoms with Gasteiger partial charge in [-0.2, -0.15) is 27.8 Å². The average Bonchev–Trinajstić information content (AvgIpc) is 2.23. The van der Waals surface area contributed by atoms with Crippen LogP contribution in [0.2, 0.25) is 0 Å². The van der Waals surface area contributed by atoms with Crippen molar-refractivity contribution in [3.63, 3.8) is 0 Å². The van der Waals surface area contributed by atoms with Crippen LogP contribution in [0.3, 0.4) is 0 Å². The van der Waals surface area contributed by atoms with Gasteiger partial charge in [-0.1, -0.05) is 34.6 Å². The largest absolute Gasteiger partial charge is 0.481 e. The van der Waals surface area contributed by atoms with Crippen molar-refractivity contribution in [2.75, 3.05) is 0 Å². The van der Waals surface area contributed by atoms with Gasteiger partial charge in [-0.25, -0.2) is 0 Å². The summed E-state index contributed by atoms with van der Waals surface area (Å²) in [5, 5.41) is 7.42. The summed E-state index contributed by atoms with van der Waals surface area (Å²) in [6, 6.07) is 0. The monoisotopic (exact) mass is 406 g/mol. The maximum atomic E-state index is 9.00. The number of hydrogen-bond acceptors (Lipinski definition) is 1. The fourth-order valence-corrected chi connectivity index (χ4v) is 1.41. The van der Waals surface area contributed by atoms with Gasteiger partial charge >= 0.3 is 0 Å². The molecule has 1 aromatic rings. The van der Waals surface area contributed by atoms with Crippen molar-refractivity contribution >= 4 is 5.97 Å². The zero-order valence-electron chi connectivity index (χ0n) is 10.7. The fourth-order valence-electron chi connectivity index (χ4n) is 1.41. The van der Waals surface area contributed by atoms with Gasteiger partial charge in [0.2, 0.25) is 0 Å². The van der Waals surface area contributed by atoms with Gasteiger partial charge in [0.15, 0.2) is 0 Å². The van der Waals surface area contributed by atoms with E-state index in [2.05, 4.69) is 34.6 Å². The van der Waals surface area contributed by atoms with Crippen molar-refractivity contribution in [1.82, 2.24) is 0 Å². The molecule has 97 valence electrons. The molecule has 0 aromatic heterocycles. The second-order valence-electron chi connectivity index (χ2n) is 3.64. The summed E-state index contributed by atoms with van der Waals surface area (Å²) in [7, 11) is 0. The van der Waals surface area contributed by atoms with Crippen LogP contribution < -0.4 is 0 Å². The van der Waals surface area contributed by atoms with Gasteiger partial charge in [0.1, 0.15) is 0 Å². The van der Waals surface area contributed by atoms with Crippen LogP contribution in [0, 0.1) is 34.6 Å². The molecule has 0 aliphatic heterocycles. The molecule has 4 heteroatoms. The first-order chi connectivity index (χ1) is 6.29. The molecule has 0 bridgehead atoms. The Morgan fingerprint density at radius 2 is 1.25 bits per heavy atom.